The van der Waals surface area contributed by atoms with Crippen molar-refractivity contribution < 1.29 is 81.7 Å². The summed E-state index contributed by atoms with van der Waals surface area (Å²) in [6.45, 7) is 6.23. The van der Waals surface area contributed by atoms with Crippen molar-refractivity contribution >= 4 is 41.8 Å². The van der Waals surface area contributed by atoms with Gasteiger partial charge in [0.15, 0.2) is 24.4 Å². The molecule has 1 unspecified atom stereocenters. The molecule has 2 aromatic rings. The van der Waals surface area contributed by atoms with Crippen LogP contribution < -0.4 is 0 Å². The zero-order valence-corrected chi connectivity index (χ0v) is 33.5. The molecule has 2 aliphatic carbocycles. The highest BCUT2D eigenvalue weighted by Crippen LogP contribution is 2.69. The fraction of sp³-hybridized carbons (Fsp3) is 0.561. The molecule has 2 saturated carbocycles. The molecule has 12 atom stereocenters. The summed E-state index contributed by atoms with van der Waals surface area (Å²) in [5.74, 6) is -9.51. The molecular formula is C41H47NO17. The van der Waals surface area contributed by atoms with Gasteiger partial charge in [-0.2, -0.15) is 0 Å². The number of aliphatic hydroxyl groups excluding tert-OH is 1. The van der Waals surface area contributed by atoms with E-state index >= 15 is 0 Å². The van der Waals surface area contributed by atoms with E-state index in [2.05, 4.69) is 4.98 Å². The van der Waals surface area contributed by atoms with Gasteiger partial charge in [-0.05, 0) is 51.0 Å². The van der Waals surface area contributed by atoms with E-state index in [1.54, 1.807) is 6.07 Å². The number of aliphatic hydroxyl groups is 2. The molecule has 2 N–H and O–H groups in total. The summed E-state index contributed by atoms with van der Waals surface area (Å²) in [7, 11) is 0. The Kier molecular flexibility index (Phi) is 11.7. The van der Waals surface area contributed by atoms with Crippen LogP contribution >= 0.6 is 0 Å². The van der Waals surface area contributed by atoms with Gasteiger partial charge in [0.1, 0.15) is 41.5 Å². The Balaban J connectivity index is 1.73. The fourth-order valence-corrected chi connectivity index (χ4v) is 9.45. The van der Waals surface area contributed by atoms with Crippen molar-refractivity contribution in [1.29, 1.82) is 0 Å². The molecule has 318 valence electrons. The maximum Gasteiger partial charge on any atom is 0.340 e. The number of carbonyl (C=O) groups excluding carboxylic acids is 7. The summed E-state index contributed by atoms with van der Waals surface area (Å²) in [5.41, 5.74) is -9.98. The van der Waals surface area contributed by atoms with Gasteiger partial charge in [0, 0.05) is 33.9 Å². The largest absolute Gasteiger partial charge is 0.465 e. The number of pyridine rings is 1. The van der Waals surface area contributed by atoms with Gasteiger partial charge in [0.2, 0.25) is 0 Å². The van der Waals surface area contributed by atoms with E-state index in [1.807, 2.05) is 0 Å². The lowest BCUT2D eigenvalue weighted by atomic mass is 9.45. The van der Waals surface area contributed by atoms with Crippen molar-refractivity contribution in [3.8, 4) is 0 Å². The van der Waals surface area contributed by atoms with Gasteiger partial charge in [0.25, 0.3) is 0 Å². The number of nitrogens with zero attached hydrogens (tertiary/aromatic N) is 1. The lowest BCUT2D eigenvalue weighted by Crippen LogP contribution is -2.89. The summed E-state index contributed by atoms with van der Waals surface area (Å²) in [5, 5.41) is 26.3. The second-order valence-corrected chi connectivity index (χ2v) is 15.8. The minimum Gasteiger partial charge on any atom is -0.465 e. The molecule has 0 radical (unpaired) electrons. The first-order valence-corrected chi connectivity index (χ1v) is 19.0. The molecule has 4 bridgehead atoms. The number of aromatic nitrogens is 1. The Labute approximate surface area is 338 Å². The normalized spacial score (nSPS) is 36.3. The molecule has 2 aliphatic heterocycles. The number of cyclic esters (lactones) is 1. The third kappa shape index (κ3) is 7.20. The van der Waals surface area contributed by atoms with Gasteiger partial charge < -0.3 is 48.1 Å². The predicted molar refractivity (Wildman–Crippen MR) is 196 cm³/mol. The van der Waals surface area contributed by atoms with E-state index < -0.39 is 126 Å². The Morgan fingerprint density at radius 3 is 2.10 bits per heavy atom. The van der Waals surface area contributed by atoms with Crippen molar-refractivity contribution in [2.45, 2.75) is 115 Å². The lowest BCUT2D eigenvalue weighted by molar-refractivity contribution is -0.385. The van der Waals surface area contributed by atoms with Crippen LogP contribution in [0.15, 0.2) is 48.7 Å². The first-order chi connectivity index (χ1) is 27.7. The van der Waals surface area contributed by atoms with Crippen LogP contribution in [0.1, 0.15) is 81.3 Å². The summed E-state index contributed by atoms with van der Waals surface area (Å²) in [4.78, 5) is 99.0. The van der Waals surface area contributed by atoms with E-state index in [0.717, 1.165) is 34.6 Å². The molecule has 59 heavy (non-hydrogen) atoms. The first kappa shape index (κ1) is 43.1. The number of ether oxygens (including phenoxy) is 8. The molecule has 1 spiro atoms. The van der Waals surface area contributed by atoms with Gasteiger partial charge >= 0.3 is 41.8 Å². The molecule has 4 aliphatic rings. The van der Waals surface area contributed by atoms with E-state index in [1.165, 1.54) is 56.4 Å². The van der Waals surface area contributed by atoms with Gasteiger partial charge in [-0.25, -0.2) is 9.59 Å². The number of fused-ring (bicyclic) bond motifs is 5. The number of carbonyl (C=O) groups is 7. The van der Waals surface area contributed by atoms with Crippen LogP contribution in [0.3, 0.4) is 0 Å². The number of benzene rings is 1. The third-order valence-electron chi connectivity index (χ3n) is 11.8. The second-order valence-electron chi connectivity index (χ2n) is 15.8. The number of esters is 7. The Morgan fingerprint density at radius 1 is 0.847 bits per heavy atom. The van der Waals surface area contributed by atoms with Crippen molar-refractivity contribution in [3.05, 3.63) is 65.5 Å². The Morgan fingerprint density at radius 2 is 1.47 bits per heavy atom. The average Bonchev–Trinajstić information content (AvgIpc) is 3.37. The first-order valence-electron chi connectivity index (χ1n) is 19.0. The van der Waals surface area contributed by atoms with Gasteiger partial charge in [-0.1, -0.05) is 25.1 Å². The lowest BCUT2D eigenvalue weighted by Gasteiger charge is -2.67. The van der Waals surface area contributed by atoms with Gasteiger partial charge in [-0.15, -0.1) is 0 Å². The number of rotatable bonds is 7. The summed E-state index contributed by atoms with van der Waals surface area (Å²) >= 11 is 0. The second kappa shape index (κ2) is 16.0. The molecule has 18 nitrogen and oxygen atoms in total. The van der Waals surface area contributed by atoms with Crippen LogP contribution in [0.2, 0.25) is 0 Å². The number of aryl methyl sites for hydroxylation is 1. The highest BCUT2D eigenvalue weighted by Gasteiger charge is 2.91. The monoisotopic (exact) mass is 825 g/mol. The van der Waals surface area contributed by atoms with Crippen LogP contribution in [-0.4, -0.2) is 124 Å². The van der Waals surface area contributed by atoms with Crippen LogP contribution in [0.25, 0.3) is 0 Å². The fourth-order valence-electron chi connectivity index (χ4n) is 9.45. The summed E-state index contributed by atoms with van der Waals surface area (Å²) in [6.07, 6.45) is -10.6. The molecule has 6 rings (SSSR count). The smallest absolute Gasteiger partial charge is 0.340 e. The minimum atomic E-state index is -2.80. The van der Waals surface area contributed by atoms with Crippen molar-refractivity contribution in [1.82, 2.24) is 4.98 Å². The topological polar surface area (TPSA) is 247 Å². The SMILES string of the molecule is CC(=O)OC[C@]12[C@H](OC(C)=O)[C@H](OC(C)=O)[C@@H]3[C@@H](O)[C@@]14O[C@@]3(C)COC(=O)c1cccnc1CCC(C)C(=O)O[C@@H]([C@H](OC(C)=O)[C@@H]2OC(=O)c1ccccc1)[C@]4(C)O. The molecule has 0 amide bonds. The predicted octanol–water partition coefficient (Wildman–Crippen LogP) is 1.59. The van der Waals surface area contributed by atoms with Crippen molar-refractivity contribution in [2.24, 2.45) is 17.3 Å². The zero-order chi connectivity index (χ0) is 43.2. The van der Waals surface area contributed by atoms with Crippen LogP contribution in [0.4, 0.5) is 0 Å². The molecular weight excluding hydrogens is 778 g/mol. The quantitative estimate of drug-likeness (QED) is 0.297. The van der Waals surface area contributed by atoms with Crippen LogP contribution in [0, 0.1) is 17.3 Å². The molecule has 1 aromatic carbocycles. The van der Waals surface area contributed by atoms with E-state index in [0.29, 0.717) is 0 Å². The molecule has 1 aromatic heterocycles. The summed E-state index contributed by atoms with van der Waals surface area (Å²) in [6, 6.07) is 10.4. The highest BCUT2D eigenvalue weighted by molar-refractivity contribution is 5.91. The van der Waals surface area contributed by atoms with E-state index in [4.69, 9.17) is 37.9 Å². The average molecular weight is 826 g/mol. The maximum absolute atomic E-state index is 14.3. The highest BCUT2D eigenvalue weighted by atomic mass is 16.7. The summed E-state index contributed by atoms with van der Waals surface area (Å²) < 4.78 is 48.6. The van der Waals surface area contributed by atoms with E-state index in [-0.39, 0.29) is 29.7 Å². The van der Waals surface area contributed by atoms with Crippen LogP contribution in [-0.2, 0) is 68.3 Å². The standard InChI is InChI=1S/C41H47NO17/c1-20-15-16-27-26(14-11-17-42-27)37(50)53-18-38(6)28-29(54-22(3)44)33(56-24(5)46)40(19-52-21(2)43)34(58-36(49)25-12-9-8-10-13-25)30(55-23(4)45)32(57-35(20)48)39(7,51)41(40,59-38)31(28)47/h8-14,17,20,28-34,47,51H,15-16,18-19H2,1-7H3/t20?,28-,29-,30+,31-,32+,33-,34+,38+,39+,40-,41+/m1/s1. The minimum absolute atomic E-state index is 0.0401. The van der Waals surface area contributed by atoms with Gasteiger partial charge in [0.05, 0.1) is 34.8 Å². The molecule has 3 fully saturated rings. The van der Waals surface area contributed by atoms with Gasteiger partial charge in [-0.3, -0.25) is 29.0 Å². The van der Waals surface area contributed by atoms with E-state index in [9.17, 15) is 43.8 Å². The van der Waals surface area contributed by atoms with Crippen molar-refractivity contribution in [2.75, 3.05) is 13.2 Å². The third-order valence-corrected chi connectivity index (χ3v) is 11.8. The zero-order valence-electron chi connectivity index (χ0n) is 33.5. The molecule has 3 heterocycles. The Hall–Kier alpha value is -5.46. The number of hydrogen-bond donors (Lipinski definition) is 2. The molecule has 1 saturated heterocycles. The maximum atomic E-state index is 14.3. The molecule has 18 heteroatoms. The Bertz CT molecular complexity index is 2020. The van der Waals surface area contributed by atoms with Crippen LogP contribution in [0.5, 0.6) is 0 Å². The number of hydrogen-bond acceptors (Lipinski definition) is 18. The van der Waals surface area contributed by atoms with Crippen molar-refractivity contribution in [3.63, 3.8) is 0 Å².